The monoisotopic (exact) mass is 426 g/mol. The van der Waals surface area contributed by atoms with Crippen molar-refractivity contribution in [2.75, 3.05) is 44.2 Å². The summed E-state index contributed by atoms with van der Waals surface area (Å²) in [6, 6.07) is 5.51. The molecular weight excluding hydrogens is 397 g/mol. The molecule has 0 aliphatic carbocycles. The molecule has 2 fully saturated rings. The molecule has 1 unspecified atom stereocenters. The van der Waals surface area contributed by atoms with Crippen molar-refractivity contribution in [3.05, 3.63) is 29.8 Å². The van der Waals surface area contributed by atoms with Gasteiger partial charge in [-0.25, -0.2) is 0 Å². The van der Waals surface area contributed by atoms with E-state index in [9.17, 15) is 22.8 Å². The summed E-state index contributed by atoms with van der Waals surface area (Å²) in [5, 5.41) is 2.64. The average Bonchev–Trinajstić information content (AvgIpc) is 2.72. The highest BCUT2D eigenvalue weighted by Gasteiger charge is 2.33. The molecule has 0 spiro atoms. The van der Waals surface area contributed by atoms with Crippen molar-refractivity contribution in [2.24, 2.45) is 0 Å². The zero-order chi connectivity index (χ0) is 21.9. The number of halogens is 3. The fraction of sp³-hybridized carbons (Fsp3) is 0.619. The lowest BCUT2D eigenvalue weighted by Crippen LogP contribution is -2.57. The van der Waals surface area contributed by atoms with Gasteiger partial charge >= 0.3 is 18.0 Å². The molecule has 1 atom stereocenters. The Labute approximate surface area is 175 Å². The van der Waals surface area contributed by atoms with Crippen molar-refractivity contribution in [3.63, 3.8) is 0 Å². The minimum Gasteiger partial charge on any atom is -0.369 e. The normalized spacial score (nSPS) is 21.1. The molecule has 2 saturated heterocycles. The summed E-state index contributed by atoms with van der Waals surface area (Å²) in [7, 11) is 0. The van der Waals surface area contributed by atoms with E-state index in [1.165, 1.54) is 12.1 Å². The lowest BCUT2D eigenvalue weighted by molar-refractivity contribution is -0.147. The number of rotatable bonds is 3. The highest BCUT2D eigenvalue weighted by Crippen LogP contribution is 2.32. The van der Waals surface area contributed by atoms with Crippen LogP contribution < -0.4 is 10.2 Å². The average molecular weight is 426 g/mol. The molecule has 0 saturated carbocycles. The van der Waals surface area contributed by atoms with Crippen molar-refractivity contribution in [1.29, 1.82) is 0 Å². The number of amides is 2. The molecule has 1 aromatic rings. The molecule has 2 heterocycles. The van der Waals surface area contributed by atoms with Gasteiger partial charge in [0.05, 0.1) is 5.56 Å². The van der Waals surface area contributed by atoms with Crippen LogP contribution in [0, 0.1) is 0 Å². The predicted molar refractivity (Wildman–Crippen MR) is 108 cm³/mol. The summed E-state index contributed by atoms with van der Waals surface area (Å²) in [6.07, 6.45) is -2.57. The number of anilines is 1. The van der Waals surface area contributed by atoms with Gasteiger partial charge in [0.15, 0.2) is 0 Å². The smallest absolute Gasteiger partial charge is 0.369 e. The van der Waals surface area contributed by atoms with Gasteiger partial charge in [-0.3, -0.25) is 14.5 Å². The number of hydrogen-bond acceptors (Lipinski definition) is 4. The number of benzene rings is 1. The fourth-order valence-electron chi connectivity index (χ4n) is 4.13. The molecule has 2 amide bonds. The number of piperidine rings is 1. The van der Waals surface area contributed by atoms with Crippen LogP contribution in [0.5, 0.6) is 0 Å². The molecule has 6 nitrogen and oxygen atoms in total. The lowest BCUT2D eigenvalue weighted by Gasteiger charge is -2.43. The highest BCUT2D eigenvalue weighted by atomic mass is 19.4. The Hall–Kier alpha value is -2.29. The third kappa shape index (κ3) is 5.44. The largest absolute Gasteiger partial charge is 0.416 e. The summed E-state index contributed by atoms with van der Waals surface area (Å²) in [4.78, 5) is 30.3. The number of alkyl halides is 3. The van der Waals surface area contributed by atoms with E-state index in [1.807, 2.05) is 18.7 Å². The highest BCUT2D eigenvalue weighted by molar-refractivity contribution is 6.35. The first-order chi connectivity index (χ1) is 14.1. The molecule has 30 heavy (non-hydrogen) atoms. The maximum atomic E-state index is 13.0. The minimum absolute atomic E-state index is 0.0917. The molecule has 1 aromatic carbocycles. The topological polar surface area (TPSA) is 55.9 Å². The zero-order valence-corrected chi connectivity index (χ0v) is 17.4. The Morgan fingerprint density at radius 1 is 1.10 bits per heavy atom. The number of likely N-dealkylation sites (tertiary alicyclic amines) is 1. The van der Waals surface area contributed by atoms with Crippen molar-refractivity contribution >= 4 is 17.5 Å². The third-order valence-corrected chi connectivity index (χ3v) is 5.67. The second-order valence-corrected chi connectivity index (χ2v) is 8.25. The van der Waals surface area contributed by atoms with Crippen LogP contribution in [-0.2, 0) is 15.8 Å². The standard InChI is InChI=1S/C21H29F3N4O2/c1-15(2)25-19(29)20(30)28-8-4-7-18(14-28)27-11-9-26(10-12-27)17-6-3-5-16(13-17)21(22,23)24/h3,5-6,13,15,18H,4,7-12,14H2,1-2H3,(H,25,29). The van der Waals surface area contributed by atoms with Gasteiger partial charge in [0.2, 0.25) is 0 Å². The summed E-state index contributed by atoms with van der Waals surface area (Å²) in [5.41, 5.74) is -0.0566. The van der Waals surface area contributed by atoms with Crippen LogP contribution >= 0.6 is 0 Å². The van der Waals surface area contributed by atoms with Crippen LogP contribution in [0.2, 0.25) is 0 Å². The van der Waals surface area contributed by atoms with Crippen LogP contribution in [0.25, 0.3) is 0 Å². The number of carbonyl (C=O) groups is 2. The number of carbonyl (C=O) groups excluding carboxylic acids is 2. The van der Waals surface area contributed by atoms with Gasteiger partial charge in [0, 0.05) is 57.0 Å². The zero-order valence-electron chi connectivity index (χ0n) is 17.4. The quantitative estimate of drug-likeness (QED) is 0.754. The summed E-state index contributed by atoms with van der Waals surface area (Å²) in [5.74, 6) is -1.06. The van der Waals surface area contributed by atoms with Gasteiger partial charge in [-0.1, -0.05) is 6.07 Å². The lowest BCUT2D eigenvalue weighted by atomic mass is 10.0. The van der Waals surface area contributed by atoms with Gasteiger partial charge in [-0.2, -0.15) is 13.2 Å². The predicted octanol–water partition coefficient (Wildman–Crippen LogP) is 2.34. The van der Waals surface area contributed by atoms with Gasteiger partial charge < -0.3 is 15.1 Å². The third-order valence-electron chi connectivity index (χ3n) is 5.67. The van der Waals surface area contributed by atoms with E-state index in [-0.39, 0.29) is 12.1 Å². The van der Waals surface area contributed by atoms with Crippen LogP contribution in [0.4, 0.5) is 18.9 Å². The molecule has 0 bridgehead atoms. The molecule has 2 aliphatic heterocycles. The maximum absolute atomic E-state index is 13.0. The molecule has 9 heteroatoms. The van der Waals surface area contributed by atoms with Gasteiger partial charge in [-0.05, 0) is 44.9 Å². The molecule has 3 rings (SSSR count). The van der Waals surface area contributed by atoms with E-state index in [0.29, 0.717) is 45.0 Å². The maximum Gasteiger partial charge on any atom is 0.416 e. The number of hydrogen-bond donors (Lipinski definition) is 1. The first-order valence-electron chi connectivity index (χ1n) is 10.4. The Balaban J connectivity index is 1.56. The Kier molecular flexibility index (Phi) is 6.90. The summed E-state index contributed by atoms with van der Waals surface area (Å²) in [6.45, 7) is 7.38. The number of nitrogens with zero attached hydrogens (tertiary/aromatic N) is 3. The minimum atomic E-state index is -4.35. The van der Waals surface area contributed by atoms with Gasteiger partial charge in [0.25, 0.3) is 0 Å². The summed E-state index contributed by atoms with van der Waals surface area (Å²) < 4.78 is 38.9. The number of nitrogens with one attached hydrogen (secondary N) is 1. The second-order valence-electron chi connectivity index (χ2n) is 8.25. The van der Waals surface area contributed by atoms with E-state index in [1.54, 1.807) is 11.0 Å². The van der Waals surface area contributed by atoms with Crippen LogP contribution in [0.3, 0.4) is 0 Å². The van der Waals surface area contributed by atoms with E-state index in [0.717, 1.165) is 18.9 Å². The fourth-order valence-corrected chi connectivity index (χ4v) is 4.13. The Bertz CT molecular complexity index is 761. The van der Waals surface area contributed by atoms with Crippen LogP contribution in [-0.4, -0.2) is 73.0 Å². The molecular formula is C21H29F3N4O2. The van der Waals surface area contributed by atoms with Crippen molar-refractivity contribution in [3.8, 4) is 0 Å². The first-order valence-corrected chi connectivity index (χ1v) is 10.4. The molecule has 2 aliphatic rings. The molecule has 166 valence electrons. The van der Waals surface area contributed by atoms with Crippen molar-refractivity contribution in [1.82, 2.24) is 15.1 Å². The van der Waals surface area contributed by atoms with Crippen LogP contribution in [0.1, 0.15) is 32.3 Å². The van der Waals surface area contributed by atoms with E-state index in [4.69, 9.17) is 0 Å². The van der Waals surface area contributed by atoms with Crippen molar-refractivity contribution < 1.29 is 22.8 Å². The molecule has 1 N–H and O–H groups in total. The summed E-state index contributed by atoms with van der Waals surface area (Å²) >= 11 is 0. The van der Waals surface area contributed by atoms with Gasteiger partial charge in [-0.15, -0.1) is 0 Å². The molecule has 0 aromatic heterocycles. The SMILES string of the molecule is CC(C)NC(=O)C(=O)N1CCCC(N2CCN(c3cccc(C(F)(F)F)c3)CC2)C1. The van der Waals surface area contributed by atoms with Crippen LogP contribution in [0.15, 0.2) is 24.3 Å². The number of piperazine rings is 1. The molecule has 0 radical (unpaired) electrons. The second kappa shape index (κ2) is 9.24. The Morgan fingerprint density at radius 3 is 2.43 bits per heavy atom. The van der Waals surface area contributed by atoms with E-state index in [2.05, 4.69) is 10.2 Å². The Morgan fingerprint density at radius 2 is 1.80 bits per heavy atom. The van der Waals surface area contributed by atoms with Crippen molar-refractivity contribution in [2.45, 2.75) is 44.9 Å². The van der Waals surface area contributed by atoms with E-state index < -0.39 is 23.6 Å². The first kappa shape index (κ1) is 22.4. The van der Waals surface area contributed by atoms with E-state index >= 15 is 0 Å². The van der Waals surface area contributed by atoms with Gasteiger partial charge in [0.1, 0.15) is 0 Å².